The Morgan fingerprint density at radius 2 is 2.23 bits per heavy atom. The Labute approximate surface area is 75.6 Å². The van der Waals surface area contributed by atoms with Crippen LogP contribution < -0.4 is 5.73 Å². The number of nitrogen functional groups attached to an aromatic ring is 1. The molecule has 1 aromatic carbocycles. The first-order valence-electron chi connectivity index (χ1n) is 4.49. The van der Waals surface area contributed by atoms with Crippen LogP contribution in [0.25, 0.3) is 11.1 Å². The molecule has 3 rings (SSSR count). The number of hydrogen-bond donors (Lipinski definition) is 1. The molecule has 1 fully saturated rings. The Kier molecular flexibility index (Phi) is 1.20. The number of aromatic nitrogens is 1. The summed E-state index contributed by atoms with van der Waals surface area (Å²) in [5.74, 6) is 1.44. The van der Waals surface area contributed by atoms with Crippen molar-refractivity contribution in [2.75, 3.05) is 5.73 Å². The molecule has 1 aliphatic carbocycles. The molecule has 2 N–H and O–H groups in total. The lowest BCUT2D eigenvalue weighted by Crippen LogP contribution is -1.82. The lowest BCUT2D eigenvalue weighted by Gasteiger charge is -1.88. The summed E-state index contributed by atoms with van der Waals surface area (Å²) in [6.45, 7) is 0. The quantitative estimate of drug-likeness (QED) is 0.675. The molecule has 0 bridgehead atoms. The third-order valence-corrected chi connectivity index (χ3v) is 2.35. The Morgan fingerprint density at radius 3 is 3.00 bits per heavy atom. The number of anilines is 1. The lowest BCUT2D eigenvalue weighted by molar-refractivity contribution is 0.533. The van der Waals surface area contributed by atoms with E-state index in [9.17, 15) is 0 Å². The first-order chi connectivity index (χ1) is 6.33. The van der Waals surface area contributed by atoms with Gasteiger partial charge < -0.3 is 10.2 Å². The molecule has 0 unspecified atom stereocenters. The molecule has 0 amide bonds. The van der Waals surface area contributed by atoms with E-state index in [0.717, 1.165) is 22.7 Å². The zero-order chi connectivity index (χ0) is 8.84. The van der Waals surface area contributed by atoms with Crippen molar-refractivity contribution < 1.29 is 4.42 Å². The van der Waals surface area contributed by atoms with Crippen molar-refractivity contribution in [3.63, 3.8) is 0 Å². The Morgan fingerprint density at radius 1 is 1.38 bits per heavy atom. The van der Waals surface area contributed by atoms with E-state index >= 15 is 0 Å². The molecule has 0 saturated heterocycles. The van der Waals surface area contributed by atoms with Crippen molar-refractivity contribution >= 4 is 16.8 Å². The number of hydrogen-bond acceptors (Lipinski definition) is 3. The van der Waals surface area contributed by atoms with E-state index in [4.69, 9.17) is 10.2 Å². The van der Waals surface area contributed by atoms with Crippen LogP contribution in [0.3, 0.4) is 0 Å². The van der Waals surface area contributed by atoms with E-state index in [1.165, 1.54) is 12.8 Å². The van der Waals surface area contributed by atoms with Gasteiger partial charge in [0.2, 0.25) is 0 Å². The summed E-state index contributed by atoms with van der Waals surface area (Å²) in [4.78, 5) is 4.39. The van der Waals surface area contributed by atoms with Crippen LogP contribution in [-0.2, 0) is 0 Å². The summed E-state index contributed by atoms with van der Waals surface area (Å²) in [6.07, 6.45) is 2.42. The second kappa shape index (κ2) is 2.25. The molecule has 3 heteroatoms. The first kappa shape index (κ1) is 6.95. The van der Waals surface area contributed by atoms with Gasteiger partial charge in [-0.05, 0) is 31.0 Å². The maximum atomic E-state index is 5.64. The van der Waals surface area contributed by atoms with Gasteiger partial charge >= 0.3 is 0 Å². The number of nitrogens with zero attached hydrogens (tertiary/aromatic N) is 1. The van der Waals surface area contributed by atoms with Crippen molar-refractivity contribution in [1.82, 2.24) is 4.98 Å². The fourth-order valence-corrected chi connectivity index (χ4v) is 1.47. The summed E-state index contributed by atoms with van der Waals surface area (Å²) >= 11 is 0. The molecule has 0 aliphatic heterocycles. The van der Waals surface area contributed by atoms with Crippen molar-refractivity contribution in [2.45, 2.75) is 18.8 Å². The van der Waals surface area contributed by atoms with Crippen LogP contribution >= 0.6 is 0 Å². The smallest absolute Gasteiger partial charge is 0.198 e. The summed E-state index contributed by atoms with van der Waals surface area (Å²) in [5, 5.41) is 0. The van der Waals surface area contributed by atoms with Gasteiger partial charge in [0.05, 0.1) is 0 Å². The largest absolute Gasteiger partial charge is 0.440 e. The average molecular weight is 174 g/mol. The van der Waals surface area contributed by atoms with Crippen LogP contribution in [0.1, 0.15) is 24.7 Å². The van der Waals surface area contributed by atoms with Crippen molar-refractivity contribution in [3.8, 4) is 0 Å². The second-order valence-electron chi connectivity index (χ2n) is 3.55. The molecule has 66 valence electrons. The van der Waals surface area contributed by atoms with Gasteiger partial charge in [-0.2, -0.15) is 0 Å². The van der Waals surface area contributed by atoms with Gasteiger partial charge in [-0.3, -0.25) is 0 Å². The van der Waals surface area contributed by atoms with Crippen LogP contribution in [-0.4, -0.2) is 4.98 Å². The average Bonchev–Trinajstić information content (AvgIpc) is 2.87. The van der Waals surface area contributed by atoms with Crippen LogP contribution in [0.5, 0.6) is 0 Å². The molecule has 0 radical (unpaired) electrons. The SMILES string of the molecule is Nc1ccc2oc(C3CC3)nc2c1. The predicted octanol–water partition coefficient (Wildman–Crippen LogP) is 2.29. The van der Waals surface area contributed by atoms with Crippen LogP contribution in [0.2, 0.25) is 0 Å². The standard InChI is InChI=1S/C10H10N2O/c11-7-3-4-9-8(5-7)12-10(13-9)6-1-2-6/h3-6H,1-2,11H2. The van der Waals surface area contributed by atoms with Crippen LogP contribution in [0.4, 0.5) is 5.69 Å². The molecule has 3 nitrogen and oxygen atoms in total. The molecule has 13 heavy (non-hydrogen) atoms. The normalized spacial score (nSPS) is 16.6. The number of rotatable bonds is 1. The third kappa shape index (κ3) is 1.08. The van der Waals surface area contributed by atoms with Crippen molar-refractivity contribution in [3.05, 3.63) is 24.1 Å². The number of benzene rings is 1. The molecule has 2 aromatic rings. The molecular weight excluding hydrogens is 164 g/mol. The highest BCUT2D eigenvalue weighted by Gasteiger charge is 2.28. The van der Waals surface area contributed by atoms with E-state index in [1.54, 1.807) is 0 Å². The Balaban J connectivity index is 2.20. The first-order valence-corrected chi connectivity index (χ1v) is 4.49. The van der Waals surface area contributed by atoms with Gasteiger partial charge in [-0.25, -0.2) is 4.98 Å². The lowest BCUT2D eigenvalue weighted by atomic mass is 10.3. The van der Waals surface area contributed by atoms with Gasteiger partial charge in [0.15, 0.2) is 11.5 Å². The van der Waals surface area contributed by atoms with Gasteiger partial charge in [0, 0.05) is 11.6 Å². The molecular formula is C10H10N2O. The summed E-state index contributed by atoms with van der Waals surface area (Å²) < 4.78 is 5.58. The van der Waals surface area contributed by atoms with Gasteiger partial charge in [-0.1, -0.05) is 0 Å². The Hall–Kier alpha value is -1.51. The molecule has 1 aliphatic rings. The number of oxazole rings is 1. The van der Waals surface area contributed by atoms with Gasteiger partial charge in [-0.15, -0.1) is 0 Å². The second-order valence-corrected chi connectivity index (χ2v) is 3.55. The minimum Gasteiger partial charge on any atom is -0.440 e. The zero-order valence-electron chi connectivity index (χ0n) is 7.16. The molecule has 1 saturated carbocycles. The number of nitrogens with two attached hydrogens (primary N) is 1. The Bertz CT molecular complexity index is 457. The van der Waals surface area contributed by atoms with Gasteiger partial charge in [0.1, 0.15) is 5.52 Å². The van der Waals surface area contributed by atoms with E-state index in [-0.39, 0.29) is 0 Å². The molecule has 0 spiro atoms. The summed E-state index contributed by atoms with van der Waals surface area (Å²) in [7, 11) is 0. The van der Waals surface area contributed by atoms with E-state index in [0.29, 0.717) is 5.92 Å². The summed E-state index contributed by atoms with van der Waals surface area (Å²) in [6, 6.07) is 5.57. The minimum atomic E-state index is 0.564. The third-order valence-electron chi connectivity index (χ3n) is 2.35. The van der Waals surface area contributed by atoms with Crippen LogP contribution in [0, 0.1) is 0 Å². The van der Waals surface area contributed by atoms with E-state index < -0.39 is 0 Å². The van der Waals surface area contributed by atoms with Gasteiger partial charge in [0.25, 0.3) is 0 Å². The van der Waals surface area contributed by atoms with E-state index in [2.05, 4.69) is 4.98 Å². The molecule has 0 atom stereocenters. The highest BCUT2D eigenvalue weighted by Crippen LogP contribution is 2.40. The monoisotopic (exact) mass is 174 g/mol. The maximum Gasteiger partial charge on any atom is 0.198 e. The zero-order valence-corrected chi connectivity index (χ0v) is 7.16. The fourth-order valence-electron chi connectivity index (χ4n) is 1.47. The van der Waals surface area contributed by atoms with Crippen molar-refractivity contribution in [2.24, 2.45) is 0 Å². The highest BCUT2D eigenvalue weighted by molar-refractivity contribution is 5.76. The highest BCUT2D eigenvalue weighted by atomic mass is 16.3. The molecule has 1 heterocycles. The van der Waals surface area contributed by atoms with Crippen molar-refractivity contribution in [1.29, 1.82) is 0 Å². The molecule has 1 aromatic heterocycles. The number of fused-ring (bicyclic) bond motifs is 1. The fraction of sp³-hybridized carbons (Fsp3) is 0.300. The maximum absolute atomic E-state index is 5.64. The van der Waals surface area contributed by atoms with Crippen LogP contribution in [0.15, 0.2) is 22.6 Å². The summed E-state index contributed by atoms with van der Waals surface area (Å²) in [5.41, 5.74) is 8.10. The van der Waals surface area contributed by atoms with E-state index in [1.807, 2.05) is 18.2 Å². The predicted molar refractivity (Wildman–Crippen MR) is 50.4 cm³/mol. The minimum absolute atomic E-state index is 0.564. The topological polar surface area (TPSA) is 52.0 Å².